The van der Waals surface area contributed by atoms with Crippen molar-refractivity contribution in [3.05, 3.63) is 24.3 Å². The van der Waals surface area contributed by atoms with Crippen molar-refractivity contribution in [1.29, 1.82) is 0 Å². The first kappa shape index (κ1) is 4.30. The fourth-order valence-electron chi connectivity index (χ4n) is 0.758. The third-order valence-electron chi connectivity index (χ3n) is 1.30. The summed E-state index contributed by atoms with van der Waals surface area (Å²) in [5.74, 6) is -0.339. The topological polar surface area (TPSA) is 25.1 Å². The lowest BCUT2D eigenvalue weighted by Crippen LogP contribution is -2.04. The molecule has 0 aromatic carbocycles. The van der Waals surface area contributed by atoms with E-state index in [1.165, 1.54) is 0 Å². The van der Waals surface area contributed by atoms with Gasteiger partial charge in [0.2, 0.25) is 0 Å². The monoisotopic (exact) mass is 110 g/mol. The Balaban J connectivity index is 2.20. The number of hydrogen-bond donors (Lipinski definition) is 0. The molecule has 1 heterocycles. The van der Waals surface area contributed by atoms with Crippen molar-refractivity contribution in [2.24, 2.45) is 0 Å². The van der Waals surface area contributed by atoms with Gasteiger partial charge in [0.25, 0.3) is 5.79 Å². The Hall–Kier alpha value is -0.600. The largest absolute Gasteiger partial charge is 0.256 e. The van der Waals surface area contributed by atoms with Crippen molar-refractivity contribution in [3.63, 3.8) is 0 Å². The molecule has 0 aromatic heterocycles. The van der Waals surface area contributed by atoms with Crippen LogP contribution in [0.15, 0.2) is 24.3 Å². The molecule has 1 saturated heterocycles. The van der Waals surface area contributed by atoms with E-state index in [0.29, 0.717) is 0 Å². The molecule has 2 aliphatic rings. The molecule has 8 heavy (non-hydrogen) atoms. The minimum absolute atomic E-state index is 0.339. The summed E-state index contributed by atoms with van der Waals surface area (Å²) in [4.78, 5) is 9.40. The highest BCUT2D eigenvalue weighted by Gasteiger charge is 2.45. The molecule has 0 aromatic rings. The molecule has 1 fully saturated rings. The number of hydrogen-bond acceptors (Lipinski definition) is 2. The Morgan fingerprint density at radius 3 is 2.50 bits per heavy atom. The summed E-state index contributed by atoms with van der Waals surface area (Å²) in [7, 11) is 0. The summed E-state index contributed by atoms with van der Waals surface area (Å²) < 4.78 is 0. The van der Waals surface area contributed by atoms with E-state index in [0.717, 1.165) is 6.42 Å². The summed E-state index contributed by atoms with van der Waals surface area (Å²) in [6.45, 7) is 0. The summed E-state index contributed by atoms with van der Waals surface area (Å²) in [5, 5.41) is 0. The maximum absolute atomic E-state index is 4.70. The molecule has 0 saturated carbocycles. The molecule has 2 rings (SSSR count). The molecule has 0 unspecified atom stereocenters. The van der Waals surface area contributed by atoms with Gasteiger partial charge in [0.15, 0.2) is 0 Å². The van der Waals surface area contributed by atoms with Crippen LogP contribution in [0.2, 0.25) is 0 Å². The van der Waals surface area contributed by atoms with E-state index in [2.05, 4.69) is 0 Å². The Kier molecular flexibility index (Phi) is 0.652. The van der Waals surface area contributed by atoms with Gasteiger partial charge in [-0.3, -0.25) is 0 Å². The van der Waals surface area contributed by atoms with Crippen LogP contribution >= 0.6 is 0 Å². The van der Waals surface area contributed by atoms with E-state index in [1.807, 2.05) is 24.3 Å². The third kappa shape index (κ3) is 0.504. The van der Waals surface area contributed by atoms with Crippen molar-refractivity contribution < 1.29 is 9.78 Å². The minimum atomic E-state index is -0.339. The van der Waals surface area contributed by atoms with Crippen molar-refractivity contribution in [2.75, 3.05) is 0 Å². The van der Waals surface area contributed by atoms with E-state index in [9.17, 15) is 0 Å². The highest BCUT2D eigenvalue weighted by Crippen LogP contribution is 2.36. The minimum Gasteiger partial charge on any atom is -0.190 e. The first-order valence-electron chi connectivity index (χ1n) is 2.63. The van der Waals surface area contributed by atoms with Gasteiger partial charge in [0.1, 0.15) is 0 Å². The normalized spacial score (nSPS) is 29.0. The predicted molar refractivity (Wildman–Crippen MR) is 27.8 cm³/mol. The van der Waals surface area contributed by atoms with Gasteiger partial charge in [0, 0.05) is 6.42 Å². The van der Waals surface area contributed by atoms with Crippen molar-refractivity contribution in [1.82, 2.24) is 0 Å². The van der Waals surface area contributed by atoms with Gasteiger partial charge in [-0.05, 0) is 6.08 Å². The standard InChI is InChI=1S/C6H6O2/c1-2-4-6(5-3-1)7-8-6/h1-4H,5H2. The molecule has 0 bridgehead atoms. The second-order valence-corrected chi connectivity index (χ2v) is 1.97. The first-order valence-corrected chi connectivity index (χ1v) is 2.63. The molecular formula is C6H6O2. The van der Waals surface area contributed by atoms with Crippen molar-refractivity contribution in [3.8, 4) is 0 Å². The summed E-state index contributed by atoms with van der Waals surface area (Å²) >= 11 is 0. The second-order valence-electron chi connectivity index (χ2n) is 1.97. The Morgan fingerprint density at radius 2 is 2.12 bits per heavy atom. The van der Waals surface area contributed by atoms with E-state index < -0.39 is 0 Å². The molecule has 1 aliphatic carbocycles. The van der Waals surface area contributed by atoms with Gasteiger partial charge in [0.05, 0.1) is 0 Å². The van der Waals surface area contributed by atoms with Crippen LogP contribution < -0.4 is 0 Å². The third-order valence-corrected chi connectivity index (χ3v) is 1.30. The van der Waals surface area contributed by atoms with Gasteiger partial charge in [-0.1, -0.05) is 18.2 Å². The van der Waals surface area contributed by atoms with Crippen LogP contribution in [0, 0.1) is 0 Å². The average Bonchev–Trinajstić information content (AvgIpc) is 2.52. The van der Waals surface area contributed by atoms with Gasteiger partial charge in [-0.25, -0.2) is 0 Å². The van der Waals surface area contributed by atoms with Gasteiger partial charge in [-0.15, -0.1) is 0 Å². The predicted octanol–water partition coefficient (Wildman–Crippen LogP) is 1.16. The first-order chi connectivity index (χ1) is 3.91. The molecule has 0 atom stereocenters. The zero-order chi connectivity index (χ0) is 5.45. The molecule has 0 amide bonds. The molecule has 0 N–H and O–H groups in total. The van der Waals surface area contributed by atoms with Gasteiger partial charge in [-0.2, -0.15) is 9.78 Å². The van der Waals surface area contributed by atoms with Crippen LogP contribution in [0.1, 0.15) is 6.42 Å². The molecule has 2 nitrogen and oxygen atoms in total. The van der Waals surface area contributed by atoms with Crippen LogP contribution in [0.25, 0.3) is 0 Å². The molecule has 2 heteroatoms. The SMILES string of the molecule is C1=CCC2(C=C1)OO2. The fourth-order valence-corrected chi connectivity index (χ4v) is 0.758. The van der Waals surface area contributed by atoms with Crippen LogP contribution in [-0.4, -0.2) is 5.79 Å². The van der Waals surface area contributed by atoms with E-state index in [-0.39, 0.29) is 5.79 Å². The summed E-state index contributed by atoms with van der Waals surface area (Å²) in [6.07, 6.45) is 8.69. The highest BCUT2D eigenvalue weighted by atomic mass is 17.4. The average molecular weight is 110 g/mol. The Labute approximate surface area is 47.3 Å². The lowest BCUT2D eigenvalue weighted by molar-refractivity contribution is 0.0850. The molecule has 42 valence electrons. The lowest BCUT2D eigenvalue weighted by Gasteiger charge is -1.97. The zero-order valence-electron chi connectivity index (χ0n) is 4.33. The quantitative estimate of drug-likeness (QED) is 0.345. The van der Waals surface area contributed by atoms with Gasteiger partial charge < -0.3 is 0 Å². The van der Waals surface area contributed by atoms with Crippen LogP contribution in [-0.2, 0) is 9.78 Å². The maximum atomic E-state index is 4.70. The highest BCUT2D eigenvalue weighted by molar-refractivity contribution is 5.16. The number of allylic oxidation sites excluding steroid dienone is 2. The smallest absolute Gasteiger partial charge is 0.190 e. The Bertz CT molecular complexity index is 154. The zero-order valence-corrected chi connectivity index (χ0v) is 4.33. The van der Waals surface area contributed by atoms with Crippen LogP contribution in [0.5, 0.6) is 0 Å². The van der Waals surface area contributed by atoms with E-state index in [1.54, 1.807) is 0 Å². The van der Waals surface area contributed by atoms with E-state index >= 15 is 0 Å². The fraction of sp³-hybridized carbons (Fsp3) is 0.333. The molecular weight excluding hydrogens is 104 g/mol. The molecule has 0 radical (unpaired) electrons. The summed E-state index contributed by atoms with van der Waals surface area (Å²) in [6, 6.07) is 0. The molecule has 1 spiro atoms. The maximum Gasteiger partial charge on any atom is 0.256 e. The lowest BCUT2D eigenvalue weighted by atomic mass is 10.1. The van der Waals surface area contributed by atoms with Gasteiger partial charge >= 0.3 is 0 Å². The van der Waals surface area contributed by atoms with Crippen LogP contribution in [0.3, 0.4) is 0 Å². The van der Waals surface area contributed by atoms with Crippen molar-refractivity contribution >= 4 is 0 Å². The second kappa shape index (κ2) is 1.21. The van der Waals surface area contributed by atoms with E-state index in [4.69, 9.17) is 9.78 Å². The summed E-state index contributed by atoms with van der Waals surface area (Å²) in [5.41, 5.74) is 0. The Morgan fingerprint density at radius 1 is 1.25 bits per heavy atom. The van der Waals surface area contributed by atoms with Crippen LogP contribution in [0.4, 0.5) is 0 Å². The number of rotatable bonds is 0. The van der Waals surface area contributed by atoms with Crippen molar-refractivity contribution in [2.45, 2.75) is 12.2 Å². The molecule has 1 aliphatic heterocycles.